The zero-order chi connectivity index (χ0) is 18.3. The van der Waals surface area contributed by atoms with Gasteiger partial charge in [-0.2, -0.15) is 0 Å². The number of carbonyl (C=O) groups is 2. The molecule has 1 saturated heterocycles. The maximum Gasteiger partial charge on any atom is 0.258 e. The van der Waals surface area contributed by atoms with Gasteiger partial charge in [0.1, 0.15) is 4.34 Å². The Kier molecular flexibility index (Phi) is 4.71. The first-order chi connectivity index (χ1) is 12.5. The van der Waals surface area contributed by atoms with Crippen LogP contribution in [0.3, 0.4) is 0 Å². The van der Waals surface area contributed by atoms with E-state index in [0.717, 1.165) is 26.2 Å². The molecule has 1 aromatic carbocycles. The van der Waals surface area contributed by atoms with E-state index in [1.165, 1.54) is 11.3 Å². The van der Waals surface area contributed by atoms with E-state index in [4.69, 9.17) is 11.6 Å². The Morgan fingerprint density at radius 2 is 1.96 bits per heavy atom. The highest BCUT2D eigenvalue weighted by Crippen LogP contribution is 2.44. The topological polar surface area (TPSA) is 55.9 Å². The van der Waals surface area contributed by atoms with E-state index in [9.17, 15) is 9.59 Å². The summed E-state index contributed by atoms with van der Waals surface area (Å²) in [6.07, 6.45) is 0. The quantitative estimate of drug-likeness (QED) is 0.856. The normalized spacial score (nSPS) is 18.1. The van der Waals surface area contributed by atoms with Crippen molar-refractivity contribution in [1.29, 1.82) is 0 Å². The number of nitrogens with one attached hydrogen (secondary N) is 1. The number of likely N-dealkylation sites (N-methyl/N-ethyl adjacent to an activating group) is 1. The van der Waals surface area contributed by atoms with Crippen molar-refractivity contribution in [1.82, 2.24) is 9.80 Å². The minimum atomic E-state index is -0.245. The Hall–Kier alpha value is -1.93. The molecule has 3 heterocycles. The lowest BCUT2D eigenvalue weighted by Crippen LogP contribution is -2.48. The van der Waals surface area contributed by atoms with Gasteiger partial charge in [-0.1, -0.05) is 23.7 Å². The number of para-hydroxylation sites is 2. The van der Waals surface area contributed by atoms with Crippen molar-refractivity contribution < 1.29 is 9.59 Å². The van der Waals surface area contributed by atoms with E-state index in [2.05, 4.69) is 22.2 Å². The van der Waals surface area contributed by atoms with Crippen molar-refractivity contribution in [2.24, 2.45) is 0 Å². The van der Waals surface area contributed by atoms with Gasteiger partial charge in [-0.25, -0.2) is 0 Å². The summed E-state index contributed by atoms with van der Waals surface area (Å²) in [5.41, 5.74) is 2.18. The number of halogens is 1. The number of piperazine rings is 1. The zero-order valence-corrected chi connectivity index (χ0v) is 15.9. The SMILES string of the molecule is CN1CCN(CC(=O)N2c3ccccc3NC(=O)c3csc(Cl)c32)CC1. The first-order valence-corrected chi connectivity index (χ1v) is 9.71. The number of nitrogens with zero attached hydrogens (tertiary/aromatic N) is 3. The number of carbonyl (C=O) groups excluding carboxylic acids is 2. The lowest BCUT2D eigenvalue weighted by molar-refractivity contribution is -0.119. The molecule has 1 N–H and O–H groups in total. The average molecular weight is 391 g/mol. The van der Waals surface area contributed by atoms with E-state index in [1.807, 2.05) is 18.2 Å². The second-order valence-corrected chi connectivity index (χ2v) is 8.03. The number of hydrogen-bond acceptors (Lipinski definition) is 5. The highest BCUT2D eigenvalue weighted by Gasteiger charge is 2.33. The smallest absolute Gasteiger partial charge is 0.258 e. The molecule has 1 aromatic heterocycles. The number of fused-ring (bicyclic) bond motifs is 2. The molecule has 0 atom stereocenters. The van der Waals surface area contributed by atoms with Crippen molar-refractivity contribution in [3.05, 3.63) is 39.5 Å². The molecular weight excluding hydrogens is 372 g/mol. The van der Waals surface area contributed by atoms with Crippen LogP contribution in [0.1, 0.15) is 10.4 Å². The molecule has 136 valence electrons. The number of amides is 2. The van der Waals surface area contributed by atoms with Gasteiger partial charge in [0.2, 0.25) is 5.91 Å². The van der Waals surface area contributed by atoms with Crippen LogP contribution in [0.15, 0.2) is 29.6 Å². The van der Waals surface area contributed by atoms with Crippen molar-refractivity contribution in [2.45, 2.75) is 0 Å². The third-order valence-corrected chi connectivity index (χ3v) is 5.99. The third-order valence-electron chi connectivity index (χ3n) is 4.79. The molecule has 0 spiro atoms. The molecule has 6 nitrogen and oxygen atoms in total. The maximum atomic E-state index is 13.3. The Bertz CT molecular complexity index is 861. The van der Waals surface area contributed by atoms with Crippen LogP contribution in [0.5, 0.6) is 0 Å². The van der Waals surface area contributed by atoms with Crippen LogP contribution in [0, 0.1) is 0 Å². The van der Waals surface area contributed by atoms with Crippen LogP contribution < -0.4 is 10.2 Å². The van der Waals surface area contributed by atoms with Crippen molar-refractivity contribution in [3.8, 4) is 0 Å². The highest BCUT2D eigenvalue weighted by atomic mass is 35.5. The molecule has 2 aliphatic heterocycles. The first kappa shape index (κ1) is 17.5. The lowest BCUT2D eigenvalue weighted by Gasteiger charge is -2.33. The first-order valence-electron chi connectivity index (χ1n) is 8.46. The lowest BCUT2D eigenvalue weighted by atomic mass is 10.2. The predicted octanol–water partition coefficient (Wildman–Crippen LogP) is 2.88. The number of anilines is 3. The number of benzene rings is 1. The molecule has 4 rings (SSSR count). The average Bonchev–Trinajstić information content (AvgIpc) is 2.94. The summed E-state index contributed by atoms with van der Waals surface area (Å²) in [5.74, 6) is -0.328. The van der Waals surface area contributed by atoms with Gasteiger partial charge < -0.3 is 10.2 Å². The molecule has 0 radical (unpaired) electrons. The van der Waals surface area contributed by atoms with E-state index in [0.29, 0.717) is 33.5 Å². The summed E-state index contributed by atoms with van der Waals surface area (Å²) in [6.45, 7) is 3.86. The van der Waals surface area contributed by atoms with Crippen molar-refractivity contribution in [3.63, 3.8) is 0 Å². The standard InChI is InChI=1S/C18H19ClN4O2S/c1-21-6-8-22(9-7-21)10-15(24)23-14-5-3-2-4-13(14)20-18(25)12-11-26-17(19)16(12)23/h2-5,11H,6-10H2,1H3,(H,20,25). The van der Waals surface area contributed by atoms with Gasteiger partial charge in [0.25, 0.3) is 5.91 Å². The Balaban J connectivity index is 1.72. The molecule has 8 heteroatoms. The van der Waals surface area contributed by atoms with Gasteiger partial charge in [0.05, 0.1) is 29.2 Å². The molecule has 2 amide bonds. The summed E-state index contributed by atoms with van der Waals surface area (Å²) < 4.78 is 0.443. The number of hydrogen-bond donors (Lipinski definition) is 1. The molecule has 0 aliphatic carbocycles. The predicted molar refractivity (Wildman–Crippen MR) is 105 cm³/mol. The minimum absolute atomic E-state index is 0.0833. The molecule has 26 heavy (non-hydrogen) atoms. The van der Waals surface area contributed by atoms with Crippen LogP contribution in [-0.4, -0.2) is 61.4 Å². The molecule has 2 aliphatic rings. The van der Waals surface area contributed by atoms with Gasteiger partial charge in [0.15, 0.2) is 0 Å². The monoisotopic (exact) mass is 390 g/mol. The summed E-state index contributed by atoms with van der Waals surface area (Å²) in [4.78, 5) is 31.8. The van der Waals surface area contributed by atoms with Crippen molar-refractivity contribution in [2.75, 3.05) is 50.0 Å². The van der Waals surface area contributed by atoms with Crippen LogP contribution in [0.25, 0.3) is 0 Å². The van der Waals surface area contributed by atoms with Crippen LogP contribution in [0.4, 0.5) is 17.1 Å². The maximum absolute atomic E-state index is 13.3. The highest BCUT2D eigenvalue weighted by molar-refractivity contribution is 7.15. The summed E-state index contributed by atoms with van der Waals surface area (Å²) >= 11 is 7.65. The molecular formula is C18H19ClN4O2S. The van der Waals surface area contributed by atoms with E-state index in [-0.39, 0.29) is 11.8 Å². The van der Waals surface area contributed by atoms with E-state index >= 15 is 0 Å². The van der Waals surface area contributed by atoms with E-state index in [1.54, 1.807) is 16.3 Å². The van der Waals surface area contributed by atoms with Crippen LogP contribution in [-0.2, 0) is 4.79 Å². The fourth-order valence-corrected chi connectivity index (χ4v) is 4.38. The number of rotatable bonds is 2. The molecule has 2 aromatic rings. The summed E-state index contributed by atoms with van der Waals surface area (Å²) in [6, 6.07) is 7.32. The van der Waals surface area contributed by atoms with Gasteiger partial charge >= 0.3 is 0 Å². The van der Waals surface area contributed by atoms with E-state index < -0.39 is 0 Å². The van der Waals surface area contributed by atoms with Gasteiger partial charge in [-0.3, -0.25) is 19.4 Å². The Labute approximate surface area is 160 Å². The molecule has 0 saturated carbocycles. The molecule has 1 fully saturated rings. The number of thiophene rings is 1. The van der Waals surface area contributed by atoms with Crippen molar-refractivity contribution >= 4 is 51.8 Å². The van der Waals surface area contributed by atoms with Crippen LogP contribution in [0.2, 0.25) is 4.34 Å². The molecule has 0 unspecified atom stereocenters. The second-order valence-electron chi connectivity index (χ2n) is 6.55. The van der Waals surface area contributed by atoms with Gasteiger partial charge in [-0.15, -0.1) is 11.3 Å². The van der Waals surface area contributed by atoms with Gasteiger partial charge in [0, 0.05) is 31.6 Å². The fraction of sp³-hybridized carbons (Fsp3) is 0.333. The third kappa shape index (κ3) is 3.12. The second kappa shape index (κ2) is 7.00. The molecule has 0 bridgehead atoms. The Morgan fingerprint density at radius 3 is 2.73 bits per heavy atom. The largest absolute Gasteiger partial charge is 0.320 e. The minimum Gasteiger partial charge on any atom is -0.320 e. The summed E-state index contributed by atoms with van der Waals surface area (Å²) in [5, 5.41) is 4.58. The zero-order valence-electron chi connectivity index (χ0n) is 14.4. The summed E-state index contributed by atoms with van der Waals surface area (Å²) in [7, 11) is 2.08. The Morgan fingerprint density at radius 1 is 1.23 bits per heavy atom. The van der Waals surface area contributed by atoms with Crippen LogP contribution >= 0.6 is 22.9 Å². The van der Waals surface area contributed by atoms with Gasteiger partial charge in [-0.05, 0) is 19.2 Å². The fourth-order valence-electron chi connectivity index (χ4n) is 3.31.